The van der Waals surface area contributed by atoms with Crippen LogP contribution in [0.5, 0.6) is 0 Å². The smallest absolute Gasteiger partial charge is 0.393 e. The third-order valence-corrected chi connectivity index (χ3v) is 9.25. The number of fused-ring (bicyclic) bond motifs is 5. The van der Waals surface area contributed by atoms with Crippen LogP contribution in [0.4, 0.5) is 18.9 Å². The van der Waals surface area contributed by atoms with Crippen molar-refractivity contribution in [3.8, 4) is 6.07 Å². The molecule has 2 aliphatic carbocycles. The number of rotatable bonds is 1. The van der Waals surface area contributed by atoms with Gasteiger partial charge in [0, 0.05) is 12.5 Å². The lowest BCUT2D eigenvalue weighted by Gasteiger charge is -2.35. The molecule has 5 nitrogen and oxygen atoms in total. The average molecular weight is 386 g/mol. The number of nitrogens with zero attached hydrogens (tertiary/aromatic N) is 2. The standard InChI is InChI=1S/C17H17F3N2O3S/c1-16-10-4-12(15(23)5-10)14(16)8-22(26(16,24)25)11-3-2-9(7-21)13(6-11)17(18,19)20/h2-3,6,10,12,14-15,23H,4-5,8H2,1H3/t10-,12-,14-,15-,16+/m0/s1. The summed E-state index contributed by atoms with van der Waals surface area (Å²) in [5, 5.41) is 19.0. The van der Waals surface area contributed by atoms with Gasteiger partial charge in [-0.2, -0.15) is 18.4 Å². The van der Waals surface area contributed by atoms with Gasteiger partial charge in [-0.05, 0) is 49.8 Å². The van der Waals surface area contributed by atoms with Crippen LogP contribution in [0.15, 0.2) is 18.2 Å². The largest absolute Gasteiger partial charge is 0.417 e. The zero-order valence-electron chi connectivity index (χ0n) is 13.9. The van der Waals surface area contributed by atoms with Crippen molar-refractivity contribution in [3.63, 3.8) is 0 Å². The summed E-state index contributed by atoms with van der Waals surface area (Å²) in [6.45, 7) is 1.71. The summed E-state index contributed by atoms with van der Waals surface area (Å²) in [6, 6.07) is 4.48. The minimum absolute atomic E-state index is 0.0558. The maximum Gasteiger partial charge on any atom is 0.417 e. The van der Waals surface area contributed by atoms with Gasteiger partial charge in [0.2, 0.25) is 10.0 Å². The maximum atomic E-state index is 13.2. The summed E-state index contributed by atoms with van der Waals surface area (Å²) in [6.07, 6.45) is -4.26. The molecular formula is C17H17F3N2O3S. The second-order valence-corrected chi connectivity index (χ2v) is 9.84. The number of aliphatic hydroxyl groups excluding tert-OH is 1. The summed E-state index contributed by atoms with van der Waals surface area (Å²) in [4.78, 5) is 0. The first kappa shape index (κ1) is 17.6. The molecule has 1 aromatic carbocycles. The summed E-state index contributed by atoms with van der Waals surface area (Å²) in [5.41, 5.74) is -1.77. The second kappa shape index (κ2) is 5.14. The highest BCUT2D eigenvalue weighted by molar-refractivity contribution is 7.94. The van der Waals surface area contributed by atoms with Crippen molar-refractivity contribution in [1.82, 2.24) is 0 Å². The molecule has 5 atom stereocenters. The van der Waals surface area contributed by atoms with Gasteiger partial charge in [0.1, 0.15) is 0 Å². The van der Waals surface area contributed by atoms with Crippen molar-refractivity contribution in [3.05, 3.63) is 29.3 Å². The number of halogens is 3. The van der Waals surface area contributed by atoms with Gasteiger partial charge in [-0.25, -0.2) is 8.42 Å². The number of hydrogen-bond donors (Lipinski definition) is 1. The van der Waals surface area contributed by atoms with Gasteiger partial charge >= 0.3 is 6.18 Å². The predicted octanol–water partition coefficient (Wildman–Crippen LogP) is 2.50. The first-order valence-corrected chi connectivity index (χ1v) is 9.77. The fourth-order valence-electron chi connectivity index (χ4n) is 5.17. The van der Waals surface area contributed by atoms with Crippen molar-refractivity contribution in [2.75, 3.05) is 10.8 Å². The molecule has 1 heterocycles. The van der Waals surface area contributed by atoms with Crippen molar-refractivity contribution >= 4 is 15.7 Å². The molecule has 2 bridgehead atoms. The monoisotopic (exact) mass is 386 g/mol. The summed E-state index contributed by atoms with van der Waals surface area (Å²) < 4.78 is 66.1. The molecule has 0 spiro atoms. The Morgan fingerprint density at radius 2 is 2.04 bits per heavy atom. The Labute approximate surface area is 149 Å². The summed E-state index contributed by atoms with van der Waals surface area (Å²) in [7, 11) is -3.88. The van der Waals surface area contributed by atoms with Crippen LogP contribution in [0, 0.1) is 29.1 Å². The molecule has 1 N–H and O–H groups in total. The topological polar surface area (TPSA) is 81.4 Å². The first-order chi connectivity index (χ1) is 12.0. The van der Waals surface area contributed by atoms with Crippen molar-refractivity contribution in [2.45, 2.75) is 36.8 Å². The van der Waals surface area contributed by atoms with Gasteiger partial charge in [0.25, 0.3) is 0 Å². The Hall–Kier alpha value is -1.79. The number of nitriles is 1. The lowest BCUT2D eigenvalue weighted by molar-refractivity contribution is -0.137. The average Bonchev–Trinajstić information content (AvgIpc) is 3.13. The van der Waals surface area contributed by atoms with Gasteiger partial charge < -0.3 is 5.11 Å². The molecule has 4 rings (SSSR count). The quantitative estimate of drug-likeness (QED) is 0.804. The molecule has 2 saturated carbocycles. The molecule has 0 aromatic heterocycles. The fourth-order valence-corrected chi connectivity index (χ4v) is 7.64. The van der Waals surface area contributed by atoms with Crippen molar-refractivity contribution < 1.29 is 26.7 Å². The van der Waals surface area contributed by atoms with Crippen molar-refractivity contribution in [1.29, 1.82) is 5.26 Å². The van der Waals surface area contributed by atoms with E-state index in [1.165, 1.54) is 12.1 Å². The minimum Gasteiger partial charge on any atom is -0.393 e. The Morgan fingerprint density at radius 1 is 1.35 bits per heavy atom. The van der Waals surface area contributed by atoms with E-state index in [-0.39, 0.29) is 30.0 Å². The number of benzene rings is 1. The normalized spacial score (nSPS) is 37.6. The third-order valence-electron chi connectivity index (χ3n) is 6.57. The van der Waals surface area contributed by atoms with Gasteiger partial charge in [-0.3, -0.25) is 4.31 Å². The SMILES string of the molecule is C[C@@]12[C@H]3C[C@H]([C@@H](O)C3)[C@@H]1CN(c1ccc(C#N)c(C(F)(F)F)c1)S2(=O)=O. The van der Waals surface area contributed by atoms with Crippen molar-refractivity contribution in [2.24, 2.45) is 17.8 Å². The number of alkyl halides is 3. The number of aliphatic hydroxyl groups is 1. The highest BCUT2D eigenvalue weighted by Crippen LogP contribution is 2.62. The lowest BCUT2D eigenvalue weighted by Crippen LogP contribution is -2.47. The van der Waals surface area contributed by atoms with E-state index < -0.39 is 38.2 Å². The van der Waals surface area contributed by atoms with Crippen LogP contribution in [-0.4, -0.2) is 30.9 Å². The van der Waals surface area contributed by atoms with Gasteiger partial charge in [-0.1, -0.05) is 0 Å². The Bertz CT molecular complexity index is 924. The number of hydrogen-bond acceptors (Lipinski definition) is 4. The maximum absolute atomic E-state index is 13.2. The van der Waals surface area contributed by atoms with E-state index >= 15 is 0 Å². The van der Waals surface area contributed by atoms with E-state index in [0.29, 0.717) is 12.8 Å². The van der Waals surface area contributed by atoms with Crippen LogP contribution in [0.3, 0.4) is 0 Å². The molecular weight excluding hydrogens is 369 g/mol. The molecule has 26 heavy (non-hydrogen) atoms. The van der Waals surface area contributed by atoms with E-state index in [1.807, 2.05) is 0 Å². The van der Waals surface area contributed by atoms with E-state index in [4.69, 9.17) is 5.26 Å². The van der Waals surface area contributed by atoms with E-state index in [2.05, 4.69) is 0 Å². The Balaban J connectivity index is 1.80. The van der Waals surface area contributed by atoms with Crippen LogP contribution in [0.2, 0.25) is 0 Å². The molecule has 1 saturated heterocycles. The first-order valence-electron chi connectivity index (χ1n) is 8.33. The number of sulfonamides is 1. The second-order valence-electron chi connectivity index (χ2n) is 7.57. The fraction of sp³-hybridized carbons (Fsp3) is 0.588. The molecule has 9 heteroatoms. The van der Waals surface area contributed by atoms with Gasteiger partial charge in [-0.15, -0.1) is 0 Å². The molecule has 3 aliphatic rings. The molecule has 1 aromatic rings. The lowest BCUT2D eigenvalue weighted by atomic mass is 9.78. The third kappa shape index (κ3) is 2.03. The van der Waals surface area contributed by atoms with Crippen LogP contribution < -0.4 is 4.31 Å². The molecule has 1 aliphatic heterocycles. The van der Waals surface area contributed by atoms with Crippen LogP contribution in [0.1, 0.15) is 30.9 Å². The molecule has 3 fully saturated rings. The zero-order chi connectivity index (χ0) is 19.1. The van der Waals surface area contributed by atoms with E-state index in [1.54, 1.807) is 6.92 Å². The minimum atomic E-state index is -4.75. The summed E-state index contributed by atoms with van der Waals surface area (Å²) in [5.74, 6) is -0.653. The highest BCUT2D eigenvalue weighted by Gasteiger charge is 2.70. The molecule has 0 amide bonds. The zero-order valence-corrected chi connectivity index (χ0v) is 14.7. The van der Waals surface area contributed by atoms with E-state index in [0.717, 1.165) is 16.4 Å². The van der Waals surface area contributed by atoms with Crippen LogP contribution >= 0.6 is 0 Å². The van der Waals surface area contributed by atoms with Gasteiger partial charge in [0.05, 0.1) is 33.7 Å². The van der Waals surface area contributed by atoms with Crippen LogP contribution in [-0.2, 0) is 16.2 Å². The summed E-state index contributed by atoms with van der Waals surface area (Å²) >= 11 is 0. The molecule has 140 valence electrons. The number of anilines is 1. The molecule has 0 radical (unpaired) electrons. The van der Waals surface area contributed by atoms with Crippen LogP contribution in [0.25, 0.3) is 0 Å². The van der Waals surface area contributed by atoms with Gasteiger partial charge in [0.15, 0.2) is 0 Å². The highest BCUT2D eigenvalue weighted by atomic mass is 32.2. The Kier molecular flexibility index (Phi) is 3.48. The Morgan fingerprint density at radius 3 is 2.65 bits per heavy atom. The molecule has 0 unspecified atom stereocenters. The predicted molar refractivity (Wildman–Crippen MR) is 86.5 cm³/mol. The van der Waals surface area contributed by atoms with E-state index in [9.17, 15) is 26.7 Å².